The highest BCUT2D eigenvalue weighted by atomic mass is 35.5. The van der Waals surface area contributed by atoms with E-state index < -0.39 is 4.92 Å². The number of para-hydroxylation sites is 1. The molecule has 0 bridgehead atoms. The molecule has 1 saturated carbocycles. The maximum atomic E-state index is 12.7. The zero-order valence-corrected chi connectivity index (χ0v) is 12.6. The molecule has 0 N–H and O–H groups in total. The Labute approximate surface area is 129 Å². The summed E-state index contributed by atoms with van der Waals surface area (Å²) in [5.74, 6) is 0.0536. The van der Waals surface area contributed by atoms with E-state index in [2.05, 4.69) is 0 Å². The Morgan fingerprint density at radius 1 is 1.29 bits per heavy atom. The number of carbonyl (C=O) groups excluding carboxylic acids is 1. The van der Waals surface area contributed by atoms with Crippen LogP contribution in [0.3, 0.4) is 0 Å². The average molecular weight is 311 g/mol. The first-order valence-electron chi connectivity index (χ1n) is 7.25. The molecule has 1 aliphatic carbocycles. The normalized spacial score (nSPS) is 15.7. The highest BCUT2D eigenvalue weighted by molar-refractivity contribution is 6.18. The summed E-state index contributed by atoms with van der Waals surface area (Å²) in [4.78, 5) is 25.0. The van der Waals surface area contributed by atoms with E-state index >= 15 is 0 Å². The summed E-state index contributed by atoms with van der Waals surface area (Å²) in [6.07, 6.45) is 5.26. The van der Waals surface area contributed by atoms with Crippen LogP contribution in [0.15, 0.2) is 24.3 Å². The highest BCUT2D eigenvalue weighted by Crippen LogP contribution is 2.26. The lowest BCUT2D eigenvalue weighted by atomic mass is 9.93. The summed E-state index contributed by atoms with van der Waals surface area (Å²) < 4.78 is 0. The van der Waals surface area contributed by atoms with Crippen molar-refractivity contribution in [3.05, 3.63) is 39.9 Å². The van der Waals surface area contributed by atoms with Gasteiger partial charge in [0.15, 0.2) is 0 Å². The summed E-state index contributed by atoms with van der Waals surface area (Å²) in [6, 6.07) is 6.25. The van der Waals surface area contributed by atoms with Gasteiger partial charge in [0.2, 0.25) is 0 Å². The summed E-state index contributed by atoms with van der Waals surface area (Å²) in [7, 11) is 0. The van der Waals surface area contributed by atoms with Crippen molar-refractivity contribution in [3.8, 4) is 0 Å². The van der Waals surface area contributed by atoms with Crippen LogP contribution in [0.1, 0.15) is 42.5 Å². The van der Waals surface area contributed by atoms with Crippen molar-refractivity contribution in [2.24, 2.45) is 0 Å². The quantitative estimate of drug-likeness (QED) is 0.474. The third-order valence-corrected chi connectivity index (χ3v) is 4.10. The number of nitro benzene ring substituents is 1. The minimum absolute atomic E-state index is 0.141. The van der Waals surface area contributed by atoms with Gasteiger partial charge in [0, 0.05) is 24.5 Å². The molecule has 0 aromatic heterocycles. The lowest BCUT2D eigenvalue weighted by Crippen LogP contribution is -2.42. The number of nitrogens with zero attached hydrogens (tertiary/aromatic N) is 2. The number of amides is 1. The maximum Gasteiger partial charge on any atom is 0.282 e. The Bertz CT molecular complexity index is 515. The lowest BCUT2D eigenvalue weighted by molar-refractivity contribution is -0.385. The van der Waals surface area contributed by atoms with Crippen molar-refractivity contribution in [3.63, 3.8) is 0 Å². The van der Waals surface area contributed by atoms with Crippen molar-refractivity contribution in [1.82, 2.24) is 4.90 Å². The molecule has 1 fully saturated rings. The van der Waals surface area contributed by atoms with Crippen LogP contribution >= 0.6 is 11.6 Å². The van der Waals surface area contributed by atoms with E-state index in [1.165, 1.54) is 18.6 Å². The average Bonchev–Trinajstić information content (AvgIpc) is 2.52. The molecule has 1 aliphatic rings. The maximum absolute atomic E-state index is 12.7. The number of benzene rings is 1. The van der Waals surface area contributed by atoms with Crippen molar-refractivity contribution >= 4 is 23.2 Å². The van der Waals surface area contributed by atoms with Gasteiger partial charge in [0.1, 0.15) is 5.56 Å². The molecular weight excluding hydrogens is 292 g/mol. The molecule has 0 saturated heterocycles. The molecule has 0 radical (unpaired) electrons. The first kappa shape index (κ1) is 15.8. The standard InChI is InChI=1S/C15H19ClN2O3/c16-10-11-17(12-6-2-1-3-7-12)15(19)13-8-4-5-9-14(13)18(20)21/h4-5,8-9,12H,1-3,6-7,10-11H2. The first-order valence-corrected chi connectivity index (χ1v) is 7.79. The van der Waals surface area contributed by atoms with Crippen molar-refractivity contribution < 1.29 is 9.72 Å². The Hall–Kier alpha value is -1.62. The van der Waals surface area contributed by atoms with Crippen molar-refractivity contribution in [2.45, 2.75) is 38.1 Å². The summed E-state index contributed by atoms with van der Waals surface area (Å²) >= 11 is 5.82. The lowest BCUT2D eigenvalue weighted by Gasteiger charge is -2.34. The topological polar surface area (TPSA) is 63.4 Å². The second-order valence-corrected chi connectivity index (χ2v) is 5.63. The summed E-state index contributed by atoms with van der Waals surface area (Å²) in [5.41, 5.74) is 0.0103. The molecule has 2 rings (SSSR count). The molecule has 5 nitrogen and oxygen atoms in total. The molecule has 0 spiro atoms. The summed E-state index contributed by atoms with van der Waals surface area (Å²) in [5, 5.41) is 11.1. The molecule has 1 amide bonds. The molecule has 0 heterocycles. The molecule has 0 atom stereocenters. The predicted molar refractivity (Wildman–Crippen MR) is 81.7 cm³/mol. The van der Waals surface area contributed by atoms with Crippen LogP contribution in [-0.2, 0) is 0 Å². The van der Waals surface area contributed by atoms with Crippen LogP contribution in [0.25, 0.3) is 0 Å². The fraction of sp³-hybridized carbons (Fsp3) is 0.533. The second kappa shape index (κ2) is 7.41. The third kappa shape index (κ3) is 3.73. The van der Waals surface area contributed by atoms with E-state index in [1.54, 1.807) is 17.0 Å². The van der Waals surface area contributed by atoms with Gasteiger partial charge >= 0.3 is 0 Å². The van der Waals surface area contributed by atoms with Gasteiger partial charge in [-0.25, -0.2) is 0 Å². The number of hydrogen-bond donors (Lipinski definition) is 0. The molecule has 0 aliphatic heterocycles. The highest BCUT2D eigenvalue weighted by Gasteiger charge is 2.29. The van der Waals surface area contributed by atoms with E-state index in [4.69, 9.17) is 11.6 Å². The predicted octanol–water partition coefficient (Wildman–Crippen LogP) is 3.61. The van der Waals surface area contributed by atoms with Gasteiger partial charge in [-0.2, -0.15) is 0 Å². The van der Waals surface area contributed by atoms with Crippen LogP contribution in [0.4, 0.5) is 5.69 Å². The Morgan fingerprint density at radius 2 is 1.95 bits per heavy atom. The fourth-order valence-electron chi connectivity index (χ4n) is 2.90. The number of carbonyl (C=O) groups is 1. The molecule has 114 valence electrons. The van der Waals surface area contributed by atoms with Crippen LogP contribution in [0.2, 0.25) is 0 Å². The largest absolute Gasteiger partial charge is 0.334 e. The Morgan fingerprint density at radius 3 is 2.57 bits per heavy atom. The number of rotatable bonds is 5. The van der Waals surface area contributed by atoms with E-state index in [0.717, 1.165) is 25.7 Å². The molecular formula is C15H19ClN2O3. The second-order valence-electron chi connectivity index (χ2n) is 5.25. The number of nitro groups is 1. The minimum atomic E-state index is -0.507. The Kier molecular flexibility index (Phi) is 5.56. The molecule has 21 heavy (non-hydrogen) atoms. The number of alkyl halides is 1. The monoisotopic (exact) mass is 310 g/mol. The van der Waals surface area contributed by atoms with Gasteiger partial charge in [-0.1, -0.05) is 31.4 Å². The van der Waals surface area contributed by atoms with Gasteiger partial charge in [0.05, 0.1) is 4.92 Å². The van der Waals surface area contributed by atoms with Gasteiger partial charge in [-0.15, -0.1) is 11.6 Å². The van der Waals surface area contributed by atoms with Gasteiger partial charge in [-0.3, -0.25) is 14.9 Å². The van der Waals surface area contributed by atoms with Crippen LogP contribution in [0, 0.1) is 10.1 Å². The third-order valence-electron chi connectivity index (χ3n) is 3.93. The smallest absolute Gasteiger partial charge is 0.282 e. The van der Waals surface area contributed by atoms with Gasteiger partial charge in [0.25, 0.3) is 11.6 Å². The Balaban J connectivity index is 2.27. The first-order chi connectivity index (χ1) is 10.1. The van der Waals surface area contributed by atoms with E-state index in [-0.39, 0.29) is 23.2 Å². The van der Waals surface area contributed by atoms with E-state index in [1.807, 2.05) is 0 Å². The number of hydrogen-bond acceptors (Lipinski definition) is 3. The number of halogens is 1. The van der Waals surface area contributed by atoms with Crippen molar-refractivity contribution in [2.75, 3.05) is 12.4 Å². The SMILES string of the molecule is O=C(c1ccccc1[N+](=O)[O-])N(CCCl)C1CCCCC1. The van der Waals surface area contributed by atoms with E-state index in [9.17, 15) is 14.9 Å². The van der Waals surface area contributed by atoms with Gasteiger partial charge < -0.3 is 4.90 Å². The van der Waals surface area contributed by atoms with Crippen LogP contribution in [-0.4, -0.2) is 34.2 Å². The van der Waals surface area contributed by atoms with Gasteiger partial charge in [-0.05, 0) is 18.9 Å². The molecule has 1 aromatic carbocycles. The van der Waals surface area contributed by atoms with Crippen LogP contribution in [0.5, 0.6) is 0 Å². The van der Waals surface area contributed by atoms with Crippen molar-refractivity contribution in [1.29, 1.82) is 0 Å². The zero-order valence-electron chi connectivity index (χ0n) is 11.8. The summed E-state index contributed by atoms with van der Waals surface area (Å²) in [6.45, 7) is 0.428. The van der Waals surface area contributed by atoms with E-state index in [0.29, 0.717) is 12.4 Å². The zero-order chi connectivity index (χ0) is 15.2. The van der Waals surface area contributed by atoms with Crippen LogP contribution < -0.4 is 0 Å². The minimum Gasteiger partial charge on any atom is -0.334 e. The molecule has 6 heteroatoms. The fourth-order valence-corrected chi connectivity index (χ4v) is 3.08. The molecule has 1 aromatic rings. The molecule has 0 unspecified atom stereocenters.